The van der Waals surface area contributed by atoms with Crippen molar-refractivity contribution in [1.82, 2.24) is 10.2 Å². The fraction of sp³-hybridized carbons (Fsp3) is 0.333. The highest BCUT2D eigenvalue weighted by Crippen LogP contribution is 2.42. The lowest BCUT2D eigenvalue weighted by Crippen LogP contribution is -2.35. The predicted octanol–water partition coefficient (Wildman–Crippen LogP) is 4.33. The number of rotatable bonds is 3. The number of hydrogen-bond donors (Lipinski definition) is 0. The fourth-order valence-corrected chi connectivity index (χ4v) is 4.02. The predicted molar refractivity (Wildman–Crippen MR) is 102 cm³/mol. The second kappa shape index (κ2) is 7.11. The van der Waals surface area contributed by atoms with E-state index in [2.05, 4.69) is 16.3 Å². The van der Waals surface area contributed by atoms with Crippen LogP contribution in [-0.4, -0.2) is 30.0 Å². The van der Waals surface area contributed by atoms with Crippen LogP contribution in [-0.2, 0) is 10.2 Å². The number of para-hydroxylation sites is 2. The zero-order chi connectivity index (χ0) is 19.0. The average Bonchev–Trinajstić information content (AvgIpc) is 3.25. The van der Waals surface area contributed by atoms with E-state index in [0.717, 1.165) is 24.2 Å². The van der Waals surface area contributed by atoms with Crippen LogP contribution >= 0.6 is 11.6 Å². The number of nitrogens with zero attached hydrogens (tertiary/aromatic N) is 2. The monoisotopic (exact) mass is 398 g/mol. The Kier molecular flexibility index (Phi) is 4.45. The molecule has 7 heteroatoms. The number of halogens is 1. The molecule has 6 nitrogen and oxygen atoms in total. The van der Waals surface area contributed by atoms with Crippen molar-refractivity contribution in [3.05, 3.63) is 70.9 Å². The third kappa shape index (κ3) is 3.02. The highest BCUT2D eigenvalue weighted by molar-refractivity contribution is 6.30. The van der Waals surface area contributed by atoms with Crippen LogP contribution < -0.4 is 9.47 Å². The summed E-state index contributed by atoms with van der Waals surface area (Å²) in [6.07, 6.45) is 1.06. The molecule has 0 N–H and O–H groups in total. The van der Waals surface area contributed by atoms with Gasteiger partial charge in [0.1, 0.15) is 6.61 Å². The van der Waals surface area contributed by atoms with Crippen LogP contribution in [0.25, 0.3) is 0 Å². The molecule has 1 aromatic heterocycles. The lowest BCUT2D eigenvalue weighted by Gasteiger charge is -2.34. The van der Waals surface area contributed by atoms with Gasteiger partial charge in [-0.15, -0.1) is 10.2 Å². The zero-order valence-electron chi connectivity index (χ0n) is 15.1. The minimum atomic E-state index is -0.438. The Morgan fingerprint density at radius 3 is 2.61 bits per heavy atom. The molecular formula is C21H19ClN2O4. The highest BCUT2D eigenvalue weighted by Gasteiger charge is 2.42. The van der Waals surface area contributed by atoms with Gasteiger partial charge in [-0.05, 0) is 42.7 Å². The largest absolute Gasteiger partial charge is 0.485 e. The average molecular weight is 399 g/mol. The second-order valence-corrected chi connectivity index (χ2v) is 7.45. The molecule has 0 aliphatic carbocycles. The maximum atomic E-state index is 6.25. The van der Waals surface area contributed by atoms with Gasteiger partial charge in [-0.2, -0.15) is 0 Å². The van der Waals surface area contributed by atoms with Gasteiger partial charge in [0, 0.05) is 18.2 Å². The van der Waals surface area contributed by atoms with Crippen molar-refractivity contribution < 1.29 is 18.6 Å². The van der Waals surface area contributed by atoms with Crippen molar-refractivity contribution in [1.29, 1.82) is 0 Å². The van der Waals surface area contributed by atoms with Crippen LogP contribution in [0.2, 0.25) is 5.02 Å². The van der Waals surface area contributed by atoms with Gasteiger partial charge in [-0.1, -0.05) is 35.9 Å². The minimum absolute atomic E-state index is 0.325. The van der Waals surface area contributed by atoms with Gasteiger partial charge in [0.2, 0.25) is 12.0 Å². The number of fused-ring (bicyclic) bond motifs is 1. The Balaban J connectivity index is 1.48. The van der Waals surface area contributed by atoms with Crippen LogP contribution in [0.15, 0.2) is 52.9 Å². The summed E-state index contributed by atoms with van der Waals surface area (Å²) in [7, 11) is 0. The first-order valence-electron chi connectivity index (χ1n) is 9.31. The Labute approximate surface area is 167 Å². The molecule has 1 atom stereocenters. The van der Waals surface area contributed by atoms with E-state index < -0.39 is 11.5 Å². The second-order valence-electron chi connectivity index (χ2n) is 7.01. The van der Waals surface area contributed by atoms with Gasteiger partial charge in [-0.3, -0.25) is 0 Å². The molecular weight excluding hydrogens is 380 g/mol. The molecule has 0 saturated carbocycles. The maximum Gasteiger partial charge on any atom is 0.260 e. The van der Waals surface area contributed by atoms with Crippen LogP contribution in [0, 0.1) is 0 Å². The smallest absolute Gasteiger partial charge is 0.260 e. The topological polar surface area (TPSA) is 66.6 Å². The first-order valence-corrected chi connectivity index (χ1v) is 9.69. The molecule has 5 rings (SSSR count). The Morgan fingerprint density at radius 1 is 0.964 bits per heavy atom. The SMILES string of the molecule is Clc1cccc(C2(c3nnc([C@@H]4COc5ccccc5O4)o3)CCOCC2)c1. The molecule has 2 aliphatic heterocycles. The van der Waals surface area contributed by atoms with E-state index in [0.29, 0.717) is 42.4 Å². The molecule has 3 heterocycles. The van der Waals surface area contributed by atoms with E-state index in [1.807, 2.05) is 42.5 Å². The molecule has 2 aliphatic rings. The van der Waals surface area contributed by atoms with Crippen LogP contribution in [0.4, 0.5) is 0 Å². The van der Waals surface area contributed by atoms with E-state index >= 15 is 0 Å². The number of ether oxygens (including phenoxy) is 3. The van der Waals surface area contributed by atoms with Crippen LogP contribution in [0.1, 0.15) is 36.3 Å². The van der Waals surface area contributed by atoms with Crippen molar-refractivity contribution in [2.45, 2.75) is 24.4 Å². The van der Waals surface area contributed by atoms with Gasteiger partial charge in [-0.25, -0.2) is 0 Å². The molecule has 1 fully saturated rings. The lowest BCUT2D eigenvalue weighted by atomic mass is 9.74. The first kappa shape index (κ1) is 17.5. The normalized spacial score (nSPS) is 20.7. The summed E-state index contributed by atoms with van der Waals surface area (Å²) in [4.78, 5) is 0. The highest BCUT2D eigenvalue weighted by atomic mass is 35.5. The van der Waals surface area contributed by atoms with Crippen LogP contribution in [0.5, 0.6) is 11.5 Å². The number of aromatic nitrogens is 2. The fourth-order valence-electron chi connectivity index (χ4n) is 3.83. The summed E-state index contributed by atoms with van der Waals surface area (Å²) >= 11 is 6.25. The summed E-state index contributed by atoms with van der Waals surface area (Å²) < 4.78 is 23.5. The van der Waals surface area contributed by atoms with Gasteiger partial charge in [0.05, 0.1) is 5.41 Å². The van der Waals surface area contributed by atoms with Crippen LogP contribution in [0.3, 0.4) is 0 Å². The molecule has 28 heavy (non-hydrogen) atoms. The van der Waals surface area contributed by atoms with Crippen molar-refractivity contribution in [2.24, 2.45) is 0 Å². The standard InChI is InChI=1S/C21H19ClN2O4/c22-15-5-3-4-14(12-15)21(8-10-25-11-9-21)20-24-23-19(28-20)18-13-26-16-6-1-2-7-17(16)27-18/h1-7,12,18H,8-11,13H2/t18-/m0/s1. The first-order chi connectivity index (χ1) is 13.7. The molecule has 144 valence electrons. The maximum absolute atomic E-state index is 6.25. The Bertz CT molecular complexity index is 984. The molecule has 0 spiro atoms. The Morgan fingerprint density at radius 2 is 1.79 bits per heavy atom. The van der Waals surface area contributed by atoms with Crippen molar-refractivity contribution in [2.75, 3.05) is 19.8 Å². The lowest BCUT2D eigenvalue weighted by molar-refractivity contribution is 0.0481. The summed E-state index contributed by atoms with van der Waals surface area (Å²) in [5, 5.41) is 9.37. The van der Waals surface area contributed by atoms with E-state index in [4.69, 9.17) is 30.2 Å². The van der Waals surface area contributed by atoms with E-state index in [9.17, 15) is 0 Å². The van der Waals surface area contributed by atoms with E-state index in [1.165, 1.54) is 0 Å². The zero-order valence-corrected chi connectivity index (χ0v) is 15.9. The molecule has 3 aromatic rings. The summed E-state index contributed by atoms with van der Waals surface area (Å²) in [5.41, 5.74) is 0.645. The molecule has 0 bridgehead atoms. The van der Waals surface area contributed by atoms with E-state index in [1.54, 1.807) is 0 Å². The number of hydrogen-bond acceptors (Lipinski definition) is 6. The third-order valence-electron chi connectivity index (χ3n) is 5.36. The summed E-state index contributed by atoms with van der Waals surface area (Å²) in [6, 6.07) is 15.4. The van der Waals surface area contributed by atoms with Crippen molar-refractivity contribution in [3.8, 4) is 11.5 Å². The molecule has 1 saturated heterocycles. The minimum Gasteiger partial charge on any atom is -0.485 e. The summed E-state index contributed by atoms with van der Waals surface area (Å²) in [5.74, 6) is 2.38. The molecule has 0 amide bonds. The third-order valence-corrected chi connectivity index (χ3v) is 5.59. The molecule has 0 unspecified atom stereocenters. The van der Waals surface area contributed by atoms with Gasteiger partial charge >= 0.3 is 0 Å². The quantitative estimate of drug-likeness (QED) is 0.654. The van der Waals surface area contributed by atoms with Gasteiger partial charge in [0.25, 0.3) is 5.89 Å². The van der Waals surface area contributed by atoms with Gasteiger partial charge in [0.15, 0.2) is 11.5 Å². The number of benzene rings is 2. The molecule has 2 aromatic carbocycles. The Hall–Kier alpha value is -2.57. The molecule has 0 radical (unpaired) electrons. The summed E-state index contributed by atoms with van der Waals surface area (Å²) in [6.45, 7) is 1.58. The van der Waals surface area contributed by atoms with Crippen molar-refractivity contribution >= 4 is 11.6 Å². The van der Waals surface area contributed by atoms with Crippen molar-refractivity contribution in [3.63, 3.8) is 0 Å². The van der Waals surface area contributed by atoms with E-state index in [-0.39, 0.29) is 0 Å². The van der Waals surface area contributed by atoms with Gasteiger partial charge < -0.3 is 18.6 Å².